The topological polar surface area (TPSA) is 72.4 Å². The molecule has 0 aromatic carbocycles. The van der Waals surface area contributed by atoms with Crippen LogP contribution in [0, 0.1) is 0 Å². The second-order valence-electron chi connectivity index (χ2n) is 4.30. The first kappa shape index (κ1) is 13.3. The van der Waals surface area contributed by atoms with Crippen LogP contribution in [0.15, 0.2) is 41.1 Å². The van der Waals surface area contributed by atoms with Gasteiger partial charge in [0.1, 0.15) is 5.76 Å². The van der Waals surface area contributed by atoms with Gasteiger partial charge in [0.15, 0.2) is 5.76 Å². The standard InChI is InChI=1S/C14H17N3O2/c1-17(9-6-11-4-7-16-8-5-11)14(18)13-3-2-12(10-15)19-13/h2-5,7-8H,6,9-10,15H2,1H3. The number of rotatable bonds is 5. The molecule has 0 fully saturated rings. The summed E-state index contributed by atoms with van der Waals surface area (Å²) < 4.78 is 5.34. The van der Waals surface area contributed by atoms with Crippen molar-refractivity contribution in [3.63, 3.8) is 0 Å². The Morgan fingerprint density at radius 2 is 2.05 bits per heavy atom. The third-order valence-corrected chi connectivity index (χ3v) is 2.91. The Hall–Kier alpha value is -2.14. The molecule has 2 rings (SSSR count). The Bertz CT molecular complexity index is 537. The number of carbonyl (C=O) groups excluding carboxylic acids is 1. The van der Waals surface area contributed by atoms with E-state index in [1.807, 2.05) is 12.1 Å². The molecule has 0 spiro atoms. The molecule has 100 valence electrons. The van der Waals surface area contributed by atoms with E-state index in [0.29, 0.717) is 24.6 Å². The van der Waals surface area contributed by atoms with Gasteiger partial charge in [0, 0.05) is 26.0 Å². The molecule has 0 atom stereocenters. The Labute approximate surface area is 112 Å². The van der Waals surface area contributed by atoms with Crippen molar-refractivity contribution in [2.24, 2.45) is 5.73 Å². The molecule has 19 heavy (non-hydrogen) atoms. The molecule has 0 radical (unpaired) electrons. The fraction of sp³-hybridized carbons (Fsp3) is 0.286. The number of aromatic nitrogens is 1. The second-order valence-corrected chi connectivity index (χ2v) is 4.30. The summed E-state index contributed by atoms with van der Waals surface area (Å²) in [5.41, 5.74) is 6.60. The zero-order valence-electron chi connectivity index (χ0n) is 10.9. The largest absolute Gasteiger partial charge is 0.455 e. The number of hydrogen-bond acceptors (Lipinski definition) is 4. The van der Waals surface area contributed by atoms with Crippen LogP contribution < -0.4 is 5.73 Å². The molecule has 2 N–H and O–H groups in total. The predicted octanol–water partition coefficient (Wildman–Crippen LogP) is 1.45. The first-order valence-electron chi connectivity index (χ1n) is 6.14. The normalized spacial score (nSPS) is 10.4. The summed E-state index contributed by atoms with van der Waals surface area (Å²) in [4.78, 5) is 17.7. The van der Waals surface area contributed by atoms with Crippen molar-refractivity contribution < 1.29 is 9.21 Å². The molecular weight excluding hydrogens is 242 g/mol. The van der Waals surface area contributed by atoms with E-state index in [-0.39, 0.29) is 5.91 Å². The maximum atomic E-state index is 12.1. The number of carbonyl (C=O) groups is 1. The van der Waals surface area contributed by atoms with Crippen LogP contribution >= 0.6 is 0 Å². The third-order valence-electron chi connectivity index (χ3n) is 2.91. The van der Waals surface area contributed by atoms with Gasteiger partial charge in [-0.25, -0.2) is 0 Å². The van der Waals surface area contributed by atoms with Crippen molar-refractivity contribution in [2.45, 2.75) is 13.0 Å². The third kappa shape index (κ3) is 3.42. The van der Waals surface area contributed by atoms with Crippen molar-refractivity contribution in [1.29, 1.82) is 0 Å². The molecule has 0 aliphatic carbocycles. The van der Waals surface area contributed by atoms with Gasteiger partial charge in [0.05, 0.1) is 6.54 Å². The first-order chi connectivity index (χ1) is 9.20. The number of furan rings is 1. The van der Waals surface area contributed by atoms with E-state index in [0.717, 1.165) is 12.0 Å². The van der Waals surface area contributed by atoms with E-state index in [9.17, 15) is 4.79 Å². The molecule has 0 saturated heterocycles. The second kappa shape index (κ2) is 6.15. The molecule has 2 aromatic heterocycles. The number of nitrogens with zero attached hydrogens (tertiary/aromatic N) is 2. The summed E-state index contributed by atoms with van der Waals surface area (Å²) in [6.45, 7) is 0.926. The molecule has 5 heteroatoms. The number of likely N-dealkylation sites (N-methyl/N-ethyl adjacent to an activating group) is 1. The van der Waals surface area contributed by atoms with E-state index in [1.54, 1.807) is 36.5 Å². The molecular formula is C14H17N3O2. The van der Waals surface area contributed by atoms with E-state index in [2.05, 4.69) is 4.98 Å². The average molecular weight is 259 g/mol. The summed E-state index contributed by atoms with van der Waals surface area (Å²) in [6.07, 6.45) is 4.28. The summed E-state index contributed by atoms with van der Waals surface area (Å²) >= 11 is 0. The van der Waals surface area contributed by atoms with Gasteiger partial charge < -0.3 is 15.1 Å². The lowest BCUT2D eigenvalue weighted by Gasteiger charge is -2.15. The number of amides is 1. The van der Waals surface area contributed by atoms with E-state index >= 15 is 0 Å². The molecule has 5 nitrogen and oxygen atoms in total. The summed E-state index contributed by atoms with van der Waals surface area (Å²) in [6, 6.07) is 7.27. The van der Waals surface area contributed by atoms with Crippen LogP contribution in [0.1, 0.15) is 21.9 Å². The van der Waals surface area contributed by atoms with Gasteiger partial charge in [-0.2, -0.15) is 0 Å². The molecule has 0 bridgehead atoms. The highest BCUT2D eigenvalue weighted by molar-refractivity contribution is 5.91. The van der Waals surface area contributed by atoms with Crippen molar-refractivity contribution >= 4 is 5.91 Å². The van der Waals surface area contributed by atoms with Gasteiger partial charge in [-0.1, -0.05) is 0 Å². The van der Waals surface area contributed by atoms with Gasteiger partial charge in [-0.3, -0.25) is 9.78 Å². The number of nitrogens with two attached hydrogens (primary N) is 1. The minimum absolute atomic E-state index is 0.131. The SMILES string of the molecule is CN(CCc1ccncc1)C(=O)c1ccc(CN)o1. The van der Waals surface area contributed by atoms with Crippen LogP contribution in [-0.4, -0.2) is 29.4 Å². The summed E-state index contributed by atoms with van der Waals surface area (Å²) in [7, 11) is 1.76. The lowest BCUT2D eigenvalue weighted by atomic mass is 10.2. The summed E-state index contributed by atoms with van der Waals surface area (Å²) in [5.74, 6) is 0.817. The Morgan fingerprint density at radius 3 is 2.68 bits per heavy atom. The van der Waals surface area contributed by atoms with Crippen LogP contribution in [0.25, 0.3) is 0 Å². The Kier molecular flexibility index (Phi) is 4.30. The first-order valence-corrected chi connectivity index (χ1v) is 6.14. The van der Waals surface area contributed by atoms with Crippen molar-refractivity contribution in [1.82, 2.24) is 9.88 Å². The quantitative estimate of drug-likeness (QED) is 0.882. The van der Waals surface area contributed by atoms with Crippen molar-refractivity contribution in [2.75, 3.05) is 13.6 Å². The Balaban J connectivity index is 1.92. The minimum Gasteiger partial charge on any atom is -0.455 e. The zero-order valence-corrected chi connectivity index (χ0v) is 10.9. The van der Waals surface area contributed by atoms with Gasteiger partial charge in [0.25, 0.3) is 5.91 Å². The summed E-state index contributed by atoms with van der Waals surface area (Å²) in [5, 5.41) is 0. The molecule has 1 amide bonds. The maximum absolute atomic E-state index is 12.1. The fourth-order valence-corrected chi connectivity index (χ4v) is 1.74. The molecule has 2 aromatic rings. The molecule has 0 aliphatic rings. The zero-order chi connectivity index (χ0) is 13.7. The van der Waals surface area contributed by atoms with E-state index in [1.165, 1.54) is 0 Å². The Morgan fingerprint density at radius 1 is 1.32 bits per heavy atom. The lowest BCUT2D eigenvalue weighted by molar-refractivity contribution is 0.0763. The van der Waals surface area contributed by atoms with E-state index < -0.39 is 0 Å². The van der Waals surface area contributed by atoms with Crippen LogP contribution in [0.3, 0.4) is 0 Å². The van der Waals surface area contributed by atoms with Gasteiger partial charge in [0.2, 0.25) is 0 Å². The van der Waals surface area contributed by atoms with Crippen LogP contribution in [0.5, 0.6) is 0 Å². The lowest BCUT2D eigenvalue weighted by Crippen LogP contribution is -2.28. The molecule has 0 saturated carbocycles. The highest BCUT2D eigenvalue weighted by atomic mass is 16.4. The number of pyridine rings is 1. The maximum Gasteiger partial charge on any atom is 0.289 e. The highest BCUT2D eigenvalue weighted by Gasteiger charge is 2.15. The fourth-order valence-electron chi connectivity index (χ4n) is 1.74. The van der Waals surface area contributed by atoms with Gasteiger partial charge >= 0.3 is 0 Å². The molecule has 2 heterocycles. The molecule has 0 unspecified atom stereocenters. The average Bonchev–Trinajstić information content (AvgIpc) is 2.94. The van der Waals surface area contributed by atoms with Crippen LogP contribution in [-0.2, 0) is 13.0 Å². The van der Waals surface area contributed by atoms with Crippen molar-refractivity contribution in [3.05, 3.63) is 53.7 Å². The highest BCUT2D eigenvalue weighted by Crippen LogP contribution is 2.10. The van der Waals surface area contributed by atoms with E-state index in [4.69, 9.17) is 10.2 Å². The predicted molar refractivity (Wildman–Crippen MR) is 71.5 cm³/mol. The molecule has 0 aliphatic heterocycles. The van der Waals surface area contributed by atoms with Gasteiger partial charge in [-0.15, -0.1) is 0 Å². The monoisotopic (exact) mass is 259 g/mol. The number of hydrogen-bond donors (Lipinski definition) is 1. The van der Waals surface area contributed by atoms with Gasteiger partial charge in [-0.05, 0) is 36.2 Å². The minimum atomic E-state index is -0.131. The van der Waals surface area contributed by atoms with Crippen molar-refractivity contribution in [3.8, 4) is 0 Å². The van der Waals surface area contributed by atoms with Crippen LogP contribution in [0.2, 0.25) is 0 Å². The smallest absolute Gasteiger partial charge is 0.289 e. The van der Waals surface area contributed by atoms with Crippen LogP contribution in [0.4, 0.5) is 0 Å².